The Kier molecular flexibility index (Phi) is 4.48. The highest BCUT2D eigenvalue weighted by Gasteiger charge is 2.39. The largest absolute Gasteiger partial charge is 0.313 e. The van der Waals surface area contributed by atoms with Crippen LogP contribution in [-0.2, 0) is 0 Å². The zero-order valence-electron chi connectivity index (χ0n) is 12.9. The molecule has 1 saturated carbocycles. The maximum absolute atomic E-state index is 14.4. The lowest BCUT2D eigenvalue weighted by molar-refractivity contribution is 0.0983. The van der Waals surface area contributed by atoms with E-state index in [0.29, 0.717) is 5.56 Å². The van der Waals surface area contributed by atoms with Crippen molar-refractivity contribution in [1.29, 1.82) is 0 Å². The van der Waals surface area contributed by atoms with E-state index in [2.05, 4.69) is 19.2 Å². The van der Waals surface area contributed by atoms with Gasteiger partial charge in [-0.1, -0.05) is 32.8 Å². The summed E-state index contributed by atoms with van der Waals surface area (Å²) in [5, 5.41) is 3.17. The smallest absolute Gasteiger partial charge is 0.133 e. The van der Waals surface area contributed by atoms with Crippen molar-refractivity contribution < 1.29 is 8.78 Å². The topological polar surface area (TPSA) is 12.0 Å². The van der Waals surface area contributed by atoms with Crippen LogP contribution in [0.3, 0.4) is 0 Å². The normalized spacial score (nSPS) is 23.6. The van der Waals surface area contributed by atoms with E-state index in [4.69, 9.17) is 0 Å². The average molecular weight is 281 g/mol. The van der Waals surface area contributed by atoms with Gasteiger partial charge in [0, 0.05) is 11.6 Å². The van der Waals surface area contributed by atoms with Gasteiger partial charge < -0.3 is 5.32 Å². The first-order chi connectivity index (χ1) is 9.38. The van der Waals surface area contributed by atoms with Crippen molar-refractivity contribution >= 4 is 0 Å². The summed E-state index contributed by atoms with van der Waals surface area (Å²) in [6.07, 6.45) is 4.48. The molecular weight excluding hydrogens is 256 g/mol. The molecule has 112 valence electrons. The summed E-state index contributed by atoms with van der Waals surface area (Å²) in [4.78, 5) is 0. The highest BCUT2D eigenvalue weighted by Crippen LogP contribution is 2.47. The minimum absolute atomic E-state index is 0.106. The second-order valence-corrected chi connectivity index (χ2v) is 6.70. The molecule has 1 aliphatic rings. The molecule has 1 N–H and O–H groups in total. The molecule has 2 unspecified atom stereocenters. The van der Waals surface area contributed by atoms with E-state index >= 15 is 0 Å². The molecule has 2 atom stereocenters. The van der Waals surface area contributed by atoms with Crippen molar-refractivity contribution in [2.75, 3.05) is 7.05 Å². The molecule has 1 aliphatic carbocycles. The Bertz CT molecular complexity index is 482. The van der Waals surface area contributed by atoms with Crippen LogP contribution in [0, 0.1) is 29.9 Å². The fourth-order valence-corrected chi connectivity index (χ4v) is 3.65. The quantitative estimate of drug-likeness (QED) is 0.843. The van der Waals surface area contributed by atoms with E-state index in [-0.39, 0.29) is 22.9 Å². The van der Waals surface area contributed by atoms with Gasteiger partial charge in [-0.3, -0.25) is 0 Å². The second kappa shape index (κ2) is 5.80. The lowest BCUT2D eigenvalue weighted by Crippen LogP contribution is -2.38. The first-order valence-corrected chi connectivity index (χ1v) is 7.50. The maximum atomic E-state index is 14.4. The molecule has 20 heavy (non-hydrogen) atoms. The number of hydrogen-bond acceptors (Lipinski definition) is 1. The third kappa shape index (κ3) is 2.73. The summed E-state index contributed by atoms with van der Waals surface area (Å²) in [7, 11) is 1.80. The van der Waals surface area contributed by atoms with Crippen molar-refractivity contribution in [3.8, 4) is 0 Å². The molecule has 0 amide bonds. The number of nitrogens with one attached hydrogen (secondary N) is 1. The number of rotatable bonds is 3. The van der Waals surface area contributed by atoms with Crippen LogP contribution >= 0.6 is 0 Å². The fourth-order valence-electron chi connectivity index (χ4n) is 3.65. The van der Waals surface area contributed by atoms with Crippen molar-refractivity contribution in [2.24, 2.45) is 11.3 Å². The summed E-state index contributed by atoms with van der Waals surface area (Å²) in [6, 6.07) is 2.63. The lowest BCUT2D eigenvalue weighted by atomic mass is 9.64. The molecule has 1 fully saturated rings. The molecule has 0 radical (unpaired) electrons. The summed E-state index contributed by atoms with van der Waals surface area (Å²) in [5.41, 5.74) is 0.830. The van der Waals surface area contributed by atoms with Gasteiger partial charge in [0.25, 0.3) is 0 Å². The predicted molar refractivity (Wildman–Crippen MR) is 78.6 cm³/mol. The number of hydrogen-bond donors (Lipinski definition) is 1. The molecule has 0 saturated heterocycles. The van der Waals surface area contributed by atoms with Crippen molar-refractivity contribution in [2.45, 2.75) is 52.5 Å². The Balaban J connectivity index is 2.45. The first-order valence-electron chi connectivity index (χ1n) is 7.50. The minimum Gasteiger partial charge on any atom is -0.313 e. The van der Waals surface area contributed by atoms with Gasteiger partial charge >= 0.3 is 0 Å². The molecule has 1 aromatic rings. The van der Waals surface area contributed by atoms with Gasteiger partial charge in [-0.05, 0) is 49.8 Å². The Morgan fingerprint density at radius 1 is 1.25 bits per heavy atom. The third-order valence-corrected chi connectivity index (χ3v) is 4.93. The minimum atomic E-state index is -0.436. The summed E-state index contributed by atoms with van der Waals surface area (Å²) < 4.78 is 28.6. The molecule has 0 heterocycles. The lowest BCUT2D eigenvalue weighted by Gasteiger charge is -2.43. The van der Waals surface area contributed by atoms with Crippen LogP contribution in [0.5, 0.6) is 0 Å². The van der Waals surface area contributed by atoms with Gasteiger partial charge in [-0.25, -0.2) is 8.78 Å². The predicted octanol–water partition coefficient (Wildman–Crippen LogP) is 4.75. The molecular formula is C17H25F2N. The van der Waals surface area contributed by atoms with E-state index in [9.17, 15) is 8.78 Å². The van der Waals surface area contributed by atoms with E-state index in [0.717, 1.165) is 19.3 Å². The van der Waals surface area contributed by atoms with Crippen LogP contribution in [-0.4, -0.2) is 7.05 Å². The highest BCUT2D eigenvalue weighted by atomic mass is 19.1. The van der Waals surface area contributed by atoms with Crippen LogP contribution in [0.2, 0.25) is 0 Å². The van der Waals surface area contributed by atoms with E-state index in [1.807, 2.05) is 0 Å². The van der Waals surface area contributed by atoms with Crippen LogP contribution in [0.15, 0.2) is 12.1 Å². The maximum Gasteiger partial charge on any atom is 0.133 e. The second-order valence-electron chi connectivity index (χ2n) is 6.70. The first kappa shape index (κ1) is 15.4. The Labute approximate surface area is 120 Å². The van der Waals surface area contributed by atoms with Crippen molar-refractivity contribution in [3.05, 3.63) is 34.9 Å². The summed E-state index contributed by atoms with van der Waals surface area (Å²) in [5.74, 6) is -0.577. The molecule has 0 spiro atoms. The van der Waals surface area contributed by atoms with Gasteiger partial charge in [-0.15, -0.1) is 0 Å². The van der Waals surface area contributed by atoms with E-state index in [1.54, 1.807) is 14.0 Å². The van der Waals surface area contributed by atoms with Crippen LogP contribution in [0.25, 0.3) is 0 Å². The third-order valence-electron chi connectivity index (χ3n) is 4.93. The summed E-state index contributed by atoms with van der Waals surface area (Å²) in [6.45, 7) is 6.12. The Hall–Kier alpha value is -0.960. The van der Waals surface area contributed by atoms with Crippen LogP contribution < -0.4 is 5.32 Å². The number of benzene rings is 1. The molecule has 0 aliphatic heterocycles. The van der Waals surface area contributed by atoms with E-state index < -0.39 is 11.6 Å². The zero-order chi connectivity index (χ0) is 14.9. The summed E-state index contributed by atoms with van der Waals surface area (Å²) >= 11 is 0. The molecule has 1 nitrogen and oxygen atoms in total. The standard InChI is InChI=1S/C17H25F2N/c1-11-8-9-13(18)14(15(11)19)16(20-4)12-7-5-6-10-17(12,2)3/h8-9,12,16,20H,5-7,10H2,1-4H3. The average Bonchev–Trinajstić information content (AvgIpc) is 2.40. The van der Waals surface area contributed by atoms with Gasteiger partial charge in [0.2, 0.25) is 0 Å². The monoisotopic (exact) mass is 281 g/mol. The molecule has 0 bridgehead atoms. The Morgan fingerprint density at radius 2 is 1.95 bits per heavy atom. The van der Waals surface area contributed by atoms with Crippen LogP contribution in [0.4, 0.5) is 8.78 Å². The molecule has 2 rings (SSSR count). The number of halogens is 2. The van der Waals surface area contributed by atoms with Gasteiger partial charge in [-0.2, -0.15) is 0 Å². The molecule has 0 aromatic heterocycles. The van der Waals surface area contributed by atoms with Gasteiger partial charge in [0.15, 0.2) is 0 Å². The van der Waals surface area contributed by atoms with Gasteiger partial charge in [0.1, 0.15) is 11.6 Å². The van der Waals surface area contributed by atoms with Crippen LogP contribution in [0.1, 0.15) is 56.7 Å². The van der Waals surface area contributed by atoms with Gasteiger partial charge in [0.05, 0.1) is 0 Å². The SMILES string of the molecule is CNC(c1c(F)ccc(C)c1F)C1CCCCC1(C)C. The van der Waals surface area contributed by atoms with Crippen molar-refractivity contribution in [3.63, 3.8) is 0 Å². The highest BCUT2D eigenvalue weighted by molar-refractivity contribution is 5.30. The van der Waals surface area contributed by atoms with Crippen molar-refractivity contribution in [1.82, 2.24) is 5.32 Å². The molecule has 3 heteroatoms. The zero-order valence-corrected chi connectivity index (χ0v) is 12.9. The molecule has 1 aromatic carbocycles. The number of aryl methyl sites for hydroxylation is 1. The fraction of sp³-hybridized carbons (Fsp3) is 0.647. The Morgan fingerprint density at radius 3 is 2.55 bits per heavy atom. The van der Waals surface area contributed by atoms with E-state index in [1.165, 1.54) is 18.6 Å².